The van der Waals surface area contributed by atoms with Crippen molar-refractivity contribution in [1.29, 1.82) is 0 Å². The van der Waals surface area contributed by atoms with Crippen molar-refractivity contribution >= 4 is 11.6 Å². The van der Waals surface area contributed by atoms with Crippen LogP contribution in [-0.2, 0) is 0 Å². The molecule has 1 rings (SSSR count). The summed E-state index contributed by atoms with van der Waals surface area (Å²) in [6.07, 6.45) is 0. The molecule has 1 aromatic rings. The number of hydrogen-bond donors (Lipinski definition) is 0. The molecule has 0 bridgehead atoms. The van der Waals surface area contributed by atoms with Crippen molar-refractivity contribution in [3.63, 3.8) is 0 Å². The summed E-state index contributed by atoms with van der Waals surface area (Å²) in [6.45, 7) is 8.00. The maximum atomic E-state index is 12.2. The minimum atomic E-state index is -0.367. The Hall–Kier alpha value is -0.560. The Labute approximate surface area is 79.4 Å². The molecule has 2 heteroatoms. The zero-order chi connectivity index (χ0) is 9.98. The monoisotopic (exact) mass is 190 g/mol. The third-order valence-corrected chi connectivity index (χ3v) is 1.13. The fourth-order valence-corrected chi connectivity index (χ4v) is 0.575. The normalized spacial score (nSPS) is 7.17. The second-order valence-electron chi connectivity index (χ2n) is 1.41. The van der Waals surface area contributed by atoms with Gasteiger partial charge in [0, 0.05) is 0 Å². The van der Waals surface area contributed by atoms with Crippen molar-refractivity contribution < 1.29 is 4.39 Å². The molecule has 0 aliphatic carbocycles. The van der Waals surface area contributed by atoms with E-state index in [0.717, 1.165) is 0 Å². The van der Waals surface area contributed by atoms with Gasteiger partial charge in [-0.2, -0.15) is 0 Å². The highest BCUT2D eigenvalue weighted by atomic mass is 35.5. The highest BCUT2D eigenvalue weighted by molar-refractivity contribution is 6.30. The van der Waals surface area contributed by atoms with Gasteiger partial charge >= 0.3 is 0 Å². The first kappa shape index (κ1) is 14.0. The number of benzene rings is 1. The zero-order valence-corrected chi connectivity index (χ0v) is 8.82. The number of halogens is 2. The lowest BCUT2D eigenvalue weighted by molar-refractivity contribution is 0.628. The Morgan fingerprint density at radius 2 is 1.42 bits per heavy atom. The van der Waals surface area contributed by atoms with Gasteiger partial charge in [-0.3, -0.25) is 0 Å². The molecule has 0 N–H and O–H groups in total. The van der Waals surface area contributed by atoms with Crippen LogP contribution in [0, 0.1) is 5.82 Å². The van der Waals surface area contributed by atoms with Gasteiger partial charge in [0.25, 0.3) is 0 Å². The van der Waals surface area contributed by atoms with Crippen molar-refractivity contribution in [1.82, 2.24) is 0 Å². The summed E-state index contributed by atoms with van der Waals surface area (Å²) < 4.78 is 12.2. The predicted octanol–water partition coefficient (Wildman–Crippen LogP) is 4.53. The molecule has 0 atom stereocenters. The maximum absolute atomic E-state index is 12.2. The average molecular weight is 191 g/mol. The minimum absolute atomic E-state index is 0.174. The fraction of sp³-hybridized carbons (Fsp3) is 0.400. The molecule has 0 unspecified atom stereocenters. The molecule has 0 fully saturated rings. The van der Waals surface area contributed by atoms with Crippen LogP contribution < -0.4 is 0 Å². The van der Waals surface area contributed by atoms with Crippen molar-refractivity contribution in [2.45, 2.75) is 27.7 Å². The summed E-state index contributed by atoms with van der Waals surface area (Å²) in [5.74, 6) is -0.367. The number of hydrogen-bond acceptors (Lipinski definition) is 0. The summed E-state index contributed by atoms with van der Waals surface area (Å²) in [5, 5.41) is 0.174. The zero-order valence-electron chi connectivity index (χ0n) is 8.07. The Balaban J connectivity index is 0. The number of rotatable bonds is 0. The van der Waals surface area contributed by atoms with E-state index in [1.54, 1.807) is 12.1 Å². The Morgan fingerprint density at radius 1 is 1.00 bits per heavy atom. The second-order valence-corrected chi connectivity index (χ2v) is 1.82. The molecule has 12 heavy (non-hydrogen) atoms. The van der Waals surface area contributed by atoms with E-state index >= 15 is 0 Å². The molecule has 0 aliphatic heterocycles. The second kappa shape index (κ2) is 10.4. The van der Waals surface area contributed by atoms with Gasteiger partial charge < -0.3 is 0 Å². The van der Waals surface area contributed by atoms with Crippen molar-refractivity contribution in [3.05, 3.63) is 35.1 Å². The van der Waals surface area contributed by atoms with E-state index in [1.807, 2.05) is 27.7 Å². The van der Waals surface area contributed by atoms with Gasteiger partial charge in [0.1, 0.15) is 5.82 Å². The van der Waals surface area contributed by atoms with Crippen LogP contribution in [0.5, 0.6) is 0 Å². The quantitative estimate of drug-likeness (QED) is 0.564. The van der Waals surface area contributed by atoms with Crippen LogP contribution in [0.25, 0.3) is 0 Å². The van der Waals surface area contributed by atoms with Gasteiger partial charge in [0.15, 0.2) is 0 Å². The molecule has 0 spiro atoms. The smallest absolute Gasteiger partial charge is 0.141 e. The van der Waals surface area contributed by atoms with E-state index in [0.29, 0.717) is 0 Å². The molecule has 0 nitrogen and oxygen atoms in total. The van der Waals surface area contributed by atoms with Crippen molar-refractivity contribution in [2.75, 3.05) is 0 Å². The molecule has 0 aliphatic rings. The third-order valence-electron chi connectivity index (χ3n) is 0.824. The summed E-state index contributed by atoms with van der Waals surface area (Å²) in [5.41, 5.74) is 0. The van der Waals surface area contributed by atoms with E-state index in [2.05, 4.69) is 0 Å². The van der Waals surface area contributed by atoms with Crippen LogP contribution in [0.4, 0.5) is 4.39 Å². The Bertz CT molecular complexity index is 166. The van der Waals surface area contributed by atoms with Crippen LogP contribution in [-0.4, -0.2) is 0 Å². The average Bonchev–Trinajstić information content (AvgIpc) is 2.17. The molecule has 0 radical (unpaired) electrons. The molecular formula is C10H16ClF. The van der Waals surface area contributed by atoms with Gasteiger partial charge in [0.2, 0.25) is 0 Å². The molecule has 0 saturated carbocycles. The first-order chi connectivity index (χ1) is 5.80. The predicted molar refractivity (Wildman–Crippen MR) is 54.1 cm³/mol. The van der Waals surface area contributed by atoms with E-state index < -0.39 is 0 Å². The lowest BCUT2D eigenvalue weighted by Gasteiger charge is -1.86. The molecule has 0 amide bonds. The summed E-state index contributed by atoms with van der Waals surface area (Å²) >= 11 is 5.33. The standard InChI is InChI=1S/C6H4ClF.2C2H6/c7-5-3-1-2-4-6(5)8;2*1-2/h1-4H;2*1-2H3. The van der Waals surface area contributed by atoms with Gasteiger partial charge in [0.05, 0.1) is 5.02 Å². The van der Waals surface area contributed by atoms with Crippen LogP contribution in [0.15, 0.2) is 24.3 Å². The summed E-state index contributed by atoms with van der Waals surface area (Å²) in [6, 6.07) is 6.12. The van der Waals surface area contributed by atoms with Gasteiger partial charge in [-0.1, -0.05) is 51.4 Å². The van der Waals surface area contributed by atoms with Crippen LogP contribution >= 0.6 is 11.6 Å². The van der Waals surface area contributed by atoms with E-state index in [4.69, 9.17) is 11.6 Å². The largest absolute Gasteiger partial charge is 0.205 e. The van der Waals surface area contributed by atoms with E-state index in [-0.39, 0.29) is 10.8 Å². The highest BCUT2D eigenvalue weighted by Crippen LogP contribution is 2.11. The van der Waals surface area contributed by atoms with Gasteiger partial charge in [-0.15, -0.1) is 0 Å². The lowest BCUT2D eigenvalue weighted by Crippen LogP contribution is -1.70. The summed E-state index contributed by atoms with van der Waals surface area (Å²) in [4.78, 5) is 0. The first-order valence-electron chi connectivity index (χ1n) is 4.21. The third kappa shape index (κ3) is 6.17. The highest BCUT2D eigenvalue weighted by Gasteiger charge is 1.91. The van der Waals surface area contributed by atoms with Crippen molar-refractivity contribution in [3.8, 4) is 0 Å². The molecule has 0 heterocycles. The van der Waals surface area contributed by atoms with Gasteiger partial charge in [-0.25, -0.2) is 4.39 Å². The van der Waals surface area contributed by atoms with Crippen LogP contribution in [0.1, 0.15) is 27.7 Å². The summed E-state index contributed by atoms with van der Waals surface area (Å²) in [7, 11) is 0. The minimum Gasteiger partial charge on any atom is -0.205 e. The van der Waals surface area contributed by atoms with Crippen molar-refractivity contribution in [2.24, 2.45) is 0 Å². The topological polar surface area (TPSA) is 0 Å². The Kier molecular flexibility index (Phi) is 12.2. The SMILES string of the molecule is CC.CC.Fc1ccccc1Cl. The van der Waals surface area contributed by atoms with Crippen LogP contribution in [0.3, 0.4) is 0 Å². The molecule has 70 valence electrons. The lowest BCUT2D eigenvalue weighted by atomic mass is 10.4. The molecule has 1 aromatic carbocycles. The molecular weight excluding hydrogens is 175 g/mol. The first-order valence-corrected chi connectivity index (χ1v) is 4.58. The van der Waals surface area contributed by atoms with Crippen LogP contribution in [0.2, 0.25) is 5.02 Å². The van der Waals surface area contributed by atoms with E-state index in [1.165, 1.54) is 12.1 Å². The maximum Gasteiger partial charge on any atom is 0.141 e. The fourth-order valence-electron chi connectivity index (χ4n) is 0.439. The molecule has 0 aromatic heterocycles. The van der Waals surface area contributed by atoms with Gasteiger partial charge in [-0.05, 0) is 12.1 Å². The molecule has 0 saturated heterocycles. The van der Waals surface area contributed by atoms with E-state index in [9.17, 15) is 4.39 Å². The Morgan fingerprint density at radius 3 is 1.67 bits per heavy atom.